The summed E-state index contributed by atoms with van der Waals surface area (Å²) in [7, 11) is 0. The molecule has 0 amide bonds. The van der Waals surface area contributed by atoms with Crippen molar-refractivity contribution in [1.82, 2.24) is 4.98 Å². The van der Waals surface area contributed by atoms with E-state index in [4.69, 9.17) is 0 Å². The van der Waals surface area contributed by atoms with Crippen LogP contribution in [0.4, 0.5) is 0 Å². The Morgan fingerprint density at radius 2 is 2.00 bits per heavy atom. The molecule has 2 heterocycles. The molecule has 0 aliphatic rings. The zero-order valence-electron chi connectivity index (χ0n) is 8.93. The zero-order valence-corrected chi connectivity index (χ0v) is 8.93. The van der Waals surface area contributed by atoms with E-state index in [1.165, 1.54) is 5.69 Å². The highest BCUT2D eigenvalue weighted by atomic mass is 14.9. The Kier molecular flexibility index (Phi) is 3.08. The van der Waals surface area contributed by atoms with Gasteiger partial charge in [0, 0.05) is 37.4 Å². The zero-order chi connectivity index (χ0) is 10.5. The normalized spacial score (nSPS) is 10.2. The van der Waals surface area contributed by atoms with Crippen molar-refractivity contribution in [3.8, 4) is 0 Å². The molecule has 0 spiro atoms. The van der Waals surface area contributed by atoms with Crippen molar-refractivity contribution in [2.45, 2.75) is 19.9 Å². The molecule has 0 N–H and O–H groups in total. The van der Waals surface area contributed by atoms with Crippen molar-refractivity contribution in [3.63, 3.8) is 0 Å². The largest absolute Gasteiger partial charge is 0.261 e. The topological polar surface area (TPSA) is 16.8 Å². The molecule has 0 unspecified atom stereocenters. The molecule has 15 heavy (non-hydrogen) atoms. The van der Waals surface area contributed by atoms with Gasteiger partial charge in [-0.25, -0.2) is 4.57 Å². The molecule has 0 aliphatic heterocycles. The van der Waals surface area contributed by atoms with Gasteiger partial charge in [0.05, 0.1) is 0 Å². The third-order valence-corrected chi connectivity index (χ3v) is 2.50. The maximum absolute atomic E-state index is 4.31. The summed E-state index contributed by atoms with van der Waals surface area (Å²) in [6.45, 7) is 3.11. The molecule has 2 aromatic rings. The molecular weight excluding hydrogens is 184 g/mol. The average Bonchev–Trinajstić information content (AvgIpc) is 2.29. The van der Waals surface area contributed by atoms with Gasteiger partial charge in [-0.3, -0.25) is 4.98 Å². The molecule has 0 saturated carbocycles. The minimum Gasteiger partial charge on any atom is -0.261 e. The minimum absolute atomic E-state index is 0.982. The van der Waals surface area contributed by atoms with E-state index in [0.717, 1.165) is 18.7 Å². The number of hydrogen-bond donors (Lipinski definition) is 0. The van der Waals surface area contributed by atoms with Gasteiger partial charge in [0.2, 0.25) is 0 Å². The van der Waals surface area contributed by atoms with E-state index >= 15 is 0 Å². The fourth-order valence-electron chi connectivity index (χ4n) is 1.59. The molecule has 0 aliphatic carbocycles. The maximum atomic E-state index is 4.31. The van der Waals surface area contributed by atoms with Gasteiger partial charge in [0.25, 0.3) is 0 Å². The van der Waals surface area contributed by atoms with Crippen molar-refractivity contribution >= 4 is 0 Å². The van der Waals surface area contributed by atoms with E-state index in [0.29, 0.717) is 0 Å². The standard InChI is InChI=1S/C13H15N2/c1-12-6-3-5-10-15(12)11-8-13-7-2-4-9-14-13/h2-7,9-10H,8,11H2,1H3/q+1. The summed E-state index contributed by atoms with van der Waals surface area (Å²) in [5, 5.41) is 0. The smallest absolute Gasteiger partial charge is 0.178 e. The van der Waals surface area contributed by atoms with Gasteiger partial charge in [-0.05, 0) is 12.1 Å². The number of pyridine rings is 2. The lowest BCUT2D eigenvalue weighted by atomic mass is 10.2. The van der Waals surface area contributed by atoms with E-state index in [1.807, 2.05) is 18.3 Å². The average molecular weight is 199 g/mol. The van der Waals surface area contributed by atoms with Crippen LogP contribution in [-0.4, -0.2) is 4.98 Å². The molecule has 0 aromatic carbocycles. The van der Waals surface area contributed by atoms with Crippen LogP contribution in [-0.2, 0) is 13.0 Å². The van der Waals surface area contributed by atoms with Crippen LogP contribution in [0.3, 0.4) is 0 Å². The first-order valence-corrected chi connectivity index (χ1v) is 5.21. The Morgan fingerprint density at radius 1 is 1.13 bits per heavy atom. The van der Waals surface area contributed by atoms with Gasteiger partial charge in [0.1, 0.15) is 0 Å². The molecule has 2 heteroatoms. The third kappa shape index (κ3) is 2.62. The van der Waals surface area contributed by atoms with Gasteiger partial charge in [0.15, 0.2) is 18.4 Å². The highest BCUT2D eigenvalue weighted by Gasteiger charge is 2.04. The number of aryl methyl sites for hydroxylation is 3. The van der Waals surface area contributed by atoms with Crippen molar-refractivity contribution in [2.75, 3.05) is 0 Å². The van der Waals surface area contributed by atoms with E-state index in [2.05, 4.69) is 46.9 Å². The molecule has 76 valence electrons. The van der Waals surface area contributed by atoms with Gasteiger partial charge in [-0.2, -0.15) is 0 Å². The predicted octanol–water partition coefficient (Wildman–Crippen LogP) is 1.92. The Morgan fingerprint density at radius 3 is 2.73 bits per heavy atom. The Labute approximate surface area is 90.2 Å². The second kappa shape index (κ2) is 4.69. The third-order valence-electron chi connectivity index (χ3n) is 2.50. The number of nitrogens with zero attached hydrogens (tertiary/aromatic N) is 2. The lowest BCUT2D eigenvalue weighted by molar-refractivity contribution is -0.702. The lowest BCUT2D eigenvalue weighted by Crippen LogP contribution is -2.37. The summed E-state index contributed by atoms with van der Waals surface area (Å²) in [5.41, 5.74) is 2.43. The van der Waals surface area contributed by atoms with Crippen molar-refractivity contribution < 1.29 is 4.57 Å². The number of hydrogen-bond acceptors (Lipinski definition) is 1. The van der Waals surface area contributed by atoms with Gasteiger partial charge in [-0.1, -0.05) is 12.1 Å². The SMILES string of the molecule is Cc1cccc[n+]1CCc1ccccn1. The number of rotatable bonds is 3. The molecule has 0 saturated heterocycles. The summed E-state index contributed by atoms with van der Waals surface area (Å²) in [6.07, 6.45) is 4.94. The van der Waals surface area contributed by atoms with Crippen LogP contribution in [0.5, 0.6) is 0 Å². The van der Waals surface area contributed by atoms with Crippen molar-refractivity contribution in [2.24, 2.45) is 0 Å². The molecule has 2 aromatic heterocycles. The molecule has 2 rings (SSSR count). The highest BCUT2D eigenvalue weighted by molar-refractivity contribution is 5.03. The summed E-state index contributed by atoms with van der Waals surface area (Å²) in [6, 6.07) is 12.3. The first kappa shape index (κ1) is 9.84. The van der Waals surface area contributed by atoms with Crippen LogP contribution in [0.2, 0.25) is 0 Å². The van der Waals surface area contributed by atoms with Gasteiger partial charge < -0.3 is 0 Å². The maximum Gasteiger partial charge on any atom is 0.178 e. The van der Waals surface area contributed by atoms with Crippen LogP contribution in [0.15, 0.2) is 48.8 Å². The molecule has 0 fully saturated rings. The first-order valence-electron chi connectivity index (χ1n) is 5.21. The van der Waals surface area contributed by atoms with Crippen LogP contribution in [0, 0.1) is 6.92 Å². The van der Waals surface area contributed by atoms with Crippen LogP contribution in [0.1, 0.15) is 11.4 Å². The molecule has 2 nitrogen and oxygen atoms in total. The predicted molar refractivity (Wildman–Crippen MR) is 59.3 cm³/mol. The monoisotopic (exact) mass is 199 g/mol. The molecule has 0 radical (unpaired) electrons. The quantitative estimate of drug-likeness (QED) is 0.690. The Hall–Kier alpha value is -1.70. The summed E-state index contributed by atoms with van der Waals surface area (Å²) in [4.78, 5) is 4.31. The van der Waals surface area contributed by atoms with Crippen LogP contribution < -0.4 is 4.57 Å². The van der Waals surface area contributed by atoms with E-state index in [-0.39, 0.29) is 0 Å². The summed E-state index contributed by atoms with van der Waals surface area (Å²) in [5.74, 6) is 0. The summed E-state index contributed by atoms with van der Waals surface area (Å²) >= 11 is 0. The number of aromatic nitrogens is 2. The summed E-state index contributed by atoms with van der Waals surface area (Å²) < 4.78 is 2.24. The molecule has 0 bridgehead atoms. The van der Waals surface area contributed by atoms with Gasteiger partial charge in [-0.15, -0.1) is 0 Å². The van der Waals surface area contributed by atoms with Crippen molar-refractivity contribution in [3.05, 3.63) is 60.2 Å². The fraction of sp³-hybridized carbons (Fsp3) is 0.231. The second-order valence-electron chi connectivity index (χ2n) is 3.61. The second-order valence-corrected chi connectivity index (χ2v) is 3.61. The molecule has 0 atom stereocenters. The van der Waals surface area contributed by atoms with Crippen LogP contribution in [0.25, 0.3) is 0 Å². The highest BCUT2D eigenvalue weighted by Crippen LogP contribution is 1.95. The Balaban J connectivity index is 2.03. The van der Waals surface area contributed by atoms with Gasteiger partial charge >= 0.3 is 0 Å². The van der Waals surface area contributed by atoms with E-state index in [1.54, 1.807) is 0 Å². The minimum atomic E-state index is 0.982. The first-order chi connectivity index (χ1) is 7.36. The fourth-order valence-corrected chi connectivity index (χ4v) is 1.59. The molecular formula is C13H15N2+. The van der Waals surface area contributed by atoms with E-state index in [9.17, 15) is 0 Å². The van der Waals surface area contributed by atoms with Crippen LogP contribution >= 0.6 is 0 Å². The lowest BCUT2D eigenvalue weighted by Gasteiger charge is -1.99. The van der Waals surface area contributed by atoms with Crippen molar-refractivity contribution in [1.29, 1.82) is 0 Å². The van der Waals surface area contributed by atoms with E-state index < -0.39 is 0 Å². The Bertz CT molecular complexity index is 424.